The van der Waals surface area contributed by atoms with Gasteiger partial charge in [-0.3, -0.25) is 9.20 Å². The van der Waals surface area contributed by atoms with Gasteiger partial charge >= 0.3 is 0 Å². The zero-order chi connectivity index (χ0) is 14.3. The van der Waals surface area contributed by atoms with Crippen molar-refractivity contribution >= 4 is 11.6 Å². The van der Waals surface area contributed by atoms with Gasteiger partial charge in [0.05, 0.1) is 11.6 Å². The molecule has 1 amide bonds. The van der Waals surface area contributed by atoms with Crippen molar-refractivity contribution in [1.29, 1.82) is 0 Å². The minimum absolute atomic E-state index is 0.125. The first-order valence-electron chi connectivity index (χ1n) is 6.89. The van der Waals surface area contributed by atoms with E-state index in [1.54, 1.807) is 6.92 Å². The van der Waals surface area contributed by atoms with Gasteiger partial charge in [-0.2, -0.15) is 0 Å². The lowest BCUT2D eigenvalue weighted by molar-refractivity contribution is -0.127. The molecule has 2 unspecified atom stereocenters. The van der Waals surface area contributed by atoms with Crippen LogP contribution in [-0.4, -0.2) is 26.0 Å². The molecular weight excluding hydrogens is 254 g/mol. The Kier molecular flexibility index (Phi) is 2.97. The molecule has 2 aromatic rings. The lowest BCUT2D eigenvalue weighted by Gasteiger charge is -2.25. The minimum Gasteiger partial charge on any atom is -0.345 e. The number of hydrogen-bond donors (Lipinski definition) is 2. The van der Waals surface area contributed by atoms with Gasteiger partial charge < -0.3 is 11.1 Å². The van der Waals surface area contributed by atoms with Gasteiger partial charge in [-0.1, -0.05) is 6.07 Å². The van der Waals surface area contributed by atoms with Gasteiger partial charge in [0.2, 0.25) is 5.91 Å². The molecule has 6 heteroatoms. The maximum Gasteiger partial charge on any atom is 0.240 e. The number of carbonyl (C=O) groups excluding carboxylic acids is 1. The van der Waals surface area contributed by atoms with Crippen molar-refractivity contribution < 1.29 is 4.79 Å². The molecule has 1 saturated carbocycles. The van der Waals surface area contributed by atoms with Crippen LogP contribution < -0.4 is 11.1 Å². The summed E-state index contributed by atoms with van der Waals surface area (Å²) in [6.07, 6.45) is 3.95. The van der Waals surface area contributed by atoms with Crippen LogP contribution in [0.25, 0.3) is 5.65 Å². The molecule has 2 heterocycles. The summed E-state index contributed by atoms with van der Waals surface area (Å²) in [6, 6.07) is 5.45. The van der Waals surface area contributed by atoms with Crippen molar-refractivity contribution in [2.75, 3.05) is 0 Å². The summed E-state index contributed by atoms with van der Waals surface area (Å²) in [5.74, 6) is 0.880. The molecule has 1 fully saturated rings. The van der Waals surface area contributed by atoms with E-state index in [4.69, 9.17) is 5.73 Å². The van der Waals surface area contributed by atoms with E-state index in [0.29, 0.717) is 11.7 Å². The number of fused-ring (bicyclic) bond motifs is 1. The zero-order valence-electron chi connectivity index (χ0n) is 11.7. The SMILES string of the molecule is CC(NC(=O)C(C)(N)C1CC1)c1nnc2ccccn12. The van der Waals surface area contributed by atoms with Crippen molar-refractivity contribution in [1.82, 2.24) is 19.9 Å². The molecule has 0 saturated heterocycles. The quantitative estimate of drug-likeness (QED) is 0.871. The van der Waals surface area contributed by atoms with Crippen molar-refractivity contribution in [3.63, 3.8) is 0 Å². The van der Waals surface area contributed by atoms with E-state index in [0.717, 1.165) is 18.5 Å². The van der Waals surface area contributed by atoms with Crippen LogP contribution in [0.1, 0.15) is 38.6 Å². The number of pyridine rings is 1. The van der Waals surface area contributed by atoms with E-state index in [1.807, 2.05) is 35.7 Å². The monoisotopic (exact) mass is 273 g/mol. The summed E-state index contributed by atoms with van der Waals surface area (Å²) in [7, 11) is 0. The highest BCUT2D eigenvalue weighted by atomic mass is 16.2. The molecule has 106 valence electrons. The fraction of sp³-hybridized carbons (Fsp3) is 0.500. The van der Waals surface area contributed by atoms with Crippen molar-refractivity contribution in [2.24, 2.45) is 11.7 Å². The van der Waals surface area contributed by atoms with E-state index < -0.39 is 5.54 Å². The van der Waals surface area contributed by atoms with Crippen LogP contribution in [0.15, 0.2) is 24.4 Å². The Morgan fingerprint density at radius 1 is 1.50 bits per heavy atom. The molecule has 2 aromatic heterocycles. The van der Waals surface area contributed by atoms with Gasteiger partial charge in [-0.25, -0.2) is 0 Å². The number of hydrogen-bond acceptors (Lipinski definition) is 4. The number of amides is 1. The summed E-state index contributed by atoms with van der Waals surface area (Å²) in [5.41, 5.74) is 6.09. The predicted octanol–water partition coefficient (Wildman–Crippen LogP) is 1.03. The van der Waals surface area contributed by atoms with Crippen LogP contribution in [0, 0.1) is 5.92 Å². The van der Waals surface area contributed by atoms with Crippen molar-refractivity contribution in [3.8, 4) is 0 Å². The number of nitrogens with two attached hydrogens (primary N) is 1. The van der Waals surface area contributed by atoms with Gasteiger partial charge in [0.25, 0.3) is 0 Å². The van der Waals surface area contributed by atoms with Gasteiger partial charge in [0.15, 0.2) is 11.5 Å². The molecular formula is C14H19N5O. The molecule has 2 atom stereocenters. The first kappa shape index (κ1) is 13.1. The van der Waals surface area contributed by atoms with Crippen LogP contribution in [0.5, 0.6) is 0 Å². The summed E-state index contributed by atoms with van der Waals surface area (Å²) in [5, 5.41) is 11.2. The highest BCUT2D eigenvalue weighted by Crippen LogP contribution is 2.38. The third-order valence-electron chi connectivity index (χ3n) is 3.99. The van der Waals surface area contributed by atoms with E-state index in [-0.39, 0.29) is 11.9 Å². The summed E-state index contributed by atoms with van der Waals surface area (Å²) in [4.78, 5) is 12.3. The molecule has 20 heavy (non-hydrogen) atoms. The Balaban J connectivity index is 1.79. The minimum atomic E-state index is -0.797. The van der Waals surface area contributed by atoms with E-state index in [1.165, 1.54) is 0 Å². The lowest BCUT2D eigenvalue weighted by atomic mass is 9.96. The smallest absolute Gasteiger partial charge is 0.240 e. The Hall–Kier alpha value is -1.95. The number of nitrogens with one attached hydrogen (secondary N) is 1. The van der Waals surface area contributed by atoms with E-state index >= 15 is 0 Å². The molecule has 0 spiro atoms. The Morgan fingerprint density at radius 2 is 2.25 bits per heavy atom. The van der Waals surface area contributed by atoms with Crippen LogP contribution in [0.3, 0.4) is 0 Å². The summed E-state index contributed by atoms with van der Waals surface area (Å²) < 4.78 is 1.87. The fourth-order valence-electron chi connectivity index (χ4n) is 2.44. The second-order valence-corrected chi connectivity index (χ2v) is 5.74. The molecule has 3 N–H and O–H groups in total. The molecule has 1 aliphatic rings. The molecule has 0 aliphatic heterocycles. The number of rotatable bonds is 4. The van der Waals surface area contributed by atoms with Gasteiger partial charge in [-0.15, -0.1) is 10.2 Å². The van der Waals surface area contributed by atoms with Crippen LogP contribution in [-0.2, 0) is 4.79 Å². The third-order valence-corrected chi connectivity index (χ3v) is 3.99. The Labute approximate surface area is 117 Å². The number of nitrogens with zero attached hydrogens (tertiary/aromatic N) is 3. The molecule has 0 bridgehead atoms. The molecule has 1 aliphatic carbocycles. The van der Waals surface area contributed by atoms with Gasteiger partial charge in [0, 0.05) is 6.20 Å². The first-order valence-corrected chi connectivity index (χ1v) is 6.89. The Morgan fingerprint density at radius 3 is 2.95 bits per heavy atom. The van der Waals surface area contributed by atoms with Gasteiger partial charge in [0.1, 0.15) is 0 Å². The topological polar surface area (TPSA) is 85.3 Å². The maximum absolute atomic E-state index is 12.3. The lowest BCUT2D eigenvalue weighted by Crippen LogP contribution is -2.53. The molecule has 0 radical (unpaired) electrons. The second-order valence-electron chi connectivity index (χ2n) is 5.74. The van der Waals surface area contributed by atoms with Crippen LogP contribution in [0.4, 0.5) is 0 Å². The average Bonchev–Trinajstić information content (AvgIpc) is 3.19. The fourth-order valence-corrected chi connectivity index (χ4v) is 2.44. The predicted molar refractivity (Wildman–Crippen MR) is 74.9 cm³/mol. The number of carbonyl (C=O) groups is 1. The second kappa shape index (κ2) is 4.56. The van der Waals surface area contributed by atoms with E-state index in [9.17, 15) is 4.79 Å². The van der Waals surface area contributed by atoms with Crippen LogP contribution >= 0.6 is 0 Å². The molecule has 3 rings (SSSR count). The van der Waals surface area contributed by atoms with E-state index in [2.05, 4.69) is 15.5 Å². The highest BCUT2D eigenvalue weighted by molar-refractivity contribution is 5.86. The molecule has 0 aromatic carbocycles. The largest absolute Gasteiger partial charge is 0.345 e. The average molecular weight is 273 g/mol. The van der Waals surface area contributed by atoms with Gasteiger partial charge in [-0.05, 0) is 44.7 Å². The summed E-state index contributed by atoms with van der Waals surface area (Å²) in [6.45, 7) is 3.69. The zero-order valence-corrected chi connectivity index (χ0v) is 11.7. The highest BCUT2D eigenvalue weighted by Gasteiger charge is 2.44. The Bertz CT molecular complexity index is 644. The first-order chi connectivity index (χ1) is 9.50. The van der Waals surface area contributed by atoms with Crippen molar-refractivity contribution in [2.45, 2.75) is 38.3 Å². The maximum atomic E-state index is 12.3. The standard InChI is InChI=1S/C14H19N5O/c1-9(16-13(20)14(2,15)10-6-7-10)12-18-17-11-5-3-4-8-19(11)12/h3-5,8-10H,6-7,15H2,1-2H3,(H,16,20). The number of aromatic nitrogens is 3. The third kappa shape index (κ3) is 2.16. The summed E-state index contributed by atoms with van der Waals surface area (Å²) >= 11 is 0. The normalized spacial score (nSPS) is 19.6. The molecule has 6 nitrogen and oxygen atoms in total. The van der Waals surface area contributed by atoms with Crippen LogP contribution in [0.2, 0.25) is 0 Å². The van der Waals surface area contributed by atoms with Crippen molar-refractivity contribution in [3.05, 3.63) is 30.2 Å².